The van der Waals surface area contributed by atoms with Crippen LogP contribution in [0.4, 0.5) is 0 Å². The van der Waals surface area contributed by atoms with Gasteiger partial charge in [0.15, 0.2) is 5.16 Å². The van der Waals surface area contributed by atoms with Crippen molar-refractivity contribution in [3.05, 3.63) is 59.7 Å². The minimum absolute atomic E-state index is 0.115. The van der Waals surface area contributed by atoms with Gasteiger partial charge in [0, 0.05) is 24.9 Å². The van der Waals surface area contributed by atoms with Crippen molar-refractivity contribution in [2.75, 3.05) is 20.7 Å². The van der Waals surface area contributed by atoms with Crippen molar-refractivity contribution >= 4 is 34.7 Å². The van der Waals surface area contributed by atoms with Crippen molar-refractivity contribution in [2.24, 2.45) is 0 Å². The van der Waals surface area contributed by atoms with Crippen LogP contribution in [0.3, 0.4) is 0 Å². The number of hydrogen-bond donors (Lipinski definition) is 1. The quantitative estimate of drug-likeness (QED) is 0.499. The summed E-state index contributed by atoms with van der Waals surface area (Å²) in [5.41, 5.74) is 3.68. The lowest BCUT2D eigenvalue weighted by Crippen LogP contribution is -2.29. The molecule has 0 aliphatic heterocycles. The molecule has 1 aromatic heterocycles. The molecule has 0 aliphatic rings. The van der Waals surface area contributed by atoms with Gasteiger partial charge in [-0.05, 0) is 29.8 Å². The number of aromatic amines is 1. The summed E-state index contributed by atoms with van der Waals surface area (Å²) in [6.07, 6.45) is 0.185. The van der Waals surface area contributed by atoms with Crippen molar-refractivity contribution < 1.29 is 14.3 Å². The van der Waals surface area contributed by atoms with Crippen LogP contribution >= 0.6 is 11.8 Å². The van der Waals surface area contributed by atoms with Crippen molar-refractivity contribution in [3.8, 4) is 0 Å². The van der Waals surface area contributed by atoms with E-state index in [9.17, 15) is 9.59 Å². The summed E-state index contributed by atoms with van der Waals surface area (Å²) < 4.78 is 4.60. The Balaban J connectivity index is 1.56. The van der Waals surface area contributed by atoms with Crippen molar-refractivity contribution in [3.63, 3.8) is 0 Å². The number of carbonyl (C=O) groups is 2. The van der Waals surface area contributed by atoms with E-state index in [-0.39, 0.29) is 18.3 Å². The van der Waals surface area contributed by atoms with Crippen molar-refractivity contribution in [1.82, 2.24) is 14.9 Å². The molecule has 2 aromatic carbocycles. The number of amides is 1. The number of esters is 1. The molecule has 0 atom stereocenters. The standard InChI is InChI=1S/C20H21N3O3S/c1-23(12-11-18(24)26-2)19(25)15-9-7-14(8-10-15)13-27-20-21-16-5-3-4-6-17(16)22-20/h3-10H,11-13H2,1-2H3,(H,21,22). The number of thioether (sulfide) groups is 1. The number of aromatic nitrogens is 2. The molecule has 0 radical (unpaired) electrons. The fourth-order valence-electron chi connectivity index (χ4n) is 2.58. The van der Waals surface area contributed by atoms with Gasteiger partial charge in [0.2, 0.25) is 0 Å². The summed E-state index contributed by atoms with van der Waals surface area (Å²) in [5.74, 6) is 0.315. The molecule has 0 fully saturated rings. The Bertz CT molecular complexity index is 904. The number of H-pyrrole nitrogens is 1. The Morgan fingerprint density at radius 2 is 1.89 bits per heavy atom. The lowest BCUT2D eigenvalue weighted by Gasteiger charge is -2.16. The number of benzene rings is 2. The maximum absolute atomic E-state index is 12.4. The molecular formula is C20H21N3O3S. The molecule has 1 N–H and O–H groups in total. The number of ether oxygens (including phenoxy) is 1. The average molecular weight is 383 g/mol. The highest BCUT2D eigenvalue weighted by atomic mass is 32.2. The lowest BCUT2D eigenvalue weighted by molar-refractivity contribution is -0.140. The van der Waals surface area contributed by atoms with Gasteiger partial charge >= 0.3 is 5.97 Å². The number of hydrogen-bond acceptors (Lipinski definition) is 5. The third kappa shape index (κ3) is 4.89. The van der Waals surface area contributed by atoms with Gasteiger partial charge in [0.1, 0.15) is 0 Å². The highest BCUT2D eigenvalue weighted by Crippen LogP contribution is 2.23. The van der Waals surface area contributed by atoms with Crippen molar-refractivity contribution in [2.45, 2.75) is 17.3 Å². The minimum atomic E-state index is -0.326. The van der Waals surface area contributed by atoms with Gasteiger partial charge in [-0.2, -0.15) is 0 Å². The van der Waals surface area contributed by atoms with Crippen LogP contribution in [0, 0.1) is 0 Å². The zero-order valence-electron chi connectivity index (χ0n) is 15.3. The molecule has 0 bridgehead atoms. The smallest absolute Gasteiger partial charge is 0.307 e. The molecule has 6 nitrogen and oxygen atoms in total. The topological polar surface area (TPSA) is 75.3 Å². The molecule has 140 valence electrons. The summed E-state index contributed by atoms with van der Waals surface area (Å²) in [6.45, 7) is 0.329. The van der Waals surface area contributed by atoms with Crippen LogP contribution in [-0.2, 0) is 15.3 Å². The predicted octanol–water partition coefficient (Wildman–Crippen LogP) is 3.49. The normalized spacial score (nSPS) is 10.7. The molecule has 0 saturated carbocycles. The number of nitrogens with one attached hydrogen (secondary N) is 1. The third-order valence-corrected chi connectivity index (χ3v) is 5.11. The van der Waals surface area contributed by atoms with Crippen LogP contribution in [0.5, 0.6) is 0 Å². The number of methoxy groups -OCH3 is 1. The number of carbonyl (C=O) groups excluding carboxylic acids is 2. The zero-order valence-corrected chi connectivity index (χ0v) is 16.1. The molecular weight excluding hydrogens is 362 g/mol. The molecule has 3 aromatic rings. The Kier molecular flexibility index (Phi) is 6.13. The van der Waals surface area contributed by atoms with E-state index in [1.165, 1.54) is 12.0 Å². The van der Waals surface area contributed by atoms with Gasteiger partial charge in [-0.3, -0.25) is 9.59 Å². The van der Waals surface area contributed by atoms with Crippen LogP contribution in [0.15, 0.2) is 53.7 Å². The zero-order chi connectivity index (χ0) is 19.2. The maximum atomic E-state index is 12.4. The number of nitrogens with zero attached hydrogens (tertiary/aromatic N) is 2. The number of para-hydroxylation sites is 2. The maximum Gasteiger partial charge on any atom is 0.307 e. The summed E-state index contributed by atoms with van der Waals surface area (Å²) >= 11 is 1.62. The highest BCUT2D eigenvalue weighted by molar-refractivity contribution is 7.98. The first-order valence-corrected chi connectivity index (χ1v) is 9.54. The first-order chi connectivity index (χ1) is 13.1. The fourth-order valence-corrected chi connectivity index (χ4v) is 3.42. The fraction of sp³-hybridized carbons (Fsp3) is 0.250. The summed E-state index contributed by atoms with van der Waals surface area (Å²) in [6, 6.07) is 15.4. The molecule has 0 aliphatic carbocycles. The second kappa shape index (κ2) is 8.73. The Morgan fingerprint density at radius 1 is 1.15 bits per heavy atom. The van der Waals surface area contributed by atoms with Crippen LogP contribution < -0.4 is 0 Å². The molecule has 0 unspecified atom stereocenters. The largest absolute Gasteiger partial charge is 0.469 e. The van der Waals surface area contributed by atoms with Gasteiger partial charge in [-0.15, -0.1) is 0 Å². The van der Waals surface area contributed by atoms with E-state index in [0.29, 0.717) is 12.1 Å². The van der Waals surface area contributed by atoms with Crippen LogP contribution in [0.2, 0.25) is 0 Å². The monoisotopic (exact) mass is 383 g/mol. The molecule has 1 amide bonds. The van der Waals surface area contributed by atoms with Crippen LogP contribution in [0.25, 0.3) is 11.0 Å². The predicted molar refractivity (Wildman–Crippen MR) is 106 cm³/mol. The first-order valence-electron chi connectivity index (χ1n) is 8.55. The SMILES string of the molecule is COC(=O)CCN(C)C(=O)c1ccc(CSc2nc3ccccc3[nH]2)cc1. The molecule has 1 heterocycles. The van der Waals surface area contributed by atoms with Gasteiger partial charge < -0.3 is 14.6 Å². The minimum Gasteiger partial charge on any atom is -0.469 e. The lowest BCUT2D eigenvalue weighted by atomic mass is 10.1. The molecule has 0 saturated heterocycles. The Hall–Kier alpha value is -2.80. The highest BCUT2D eigenvalue weighted by Gasteiger charge is 2.13. The summed E-state index contributed by atoms with van der Waals surface area (Å²) in [7, 11) is 3.02. The number of fused-ring (bicyclic) bond motifs is 1. The van der Waals surface area contributed by atoms with Gasteiger partial charge in [0.25, 0.3) is 5.91 Å². The average Bonchev–Trinajstić information content (AvgIpc) is 3.13. The molecule has 3 rings (SSSR count). The Morgan fingerprint density at radius 3 is 2.59 bits per heavy atom. The molecule has 27 heavy (non-hydrogen) atoms. The first kappa shape index (κ1) is 19.0. The van der Waals surface area contributed by atoms with Gasteiger partial charge in [-0.1, -0.05) is 36.0 Å². The molecule has 7 heteroatoms. The van der Waals surface area contributed by atoms with Crippen molar-refractivity contribution in [1.29, 1.82) is 0 Å². The number of imidazole rings is 1. The second-order valence-electron chi connectivity index (χ2n) is 6.10. The van der Waals surface area contributed by atoms with E-state index < -0.39 is 0 Å². The van der Waals surface area contributed by atoms with E-state index in [1.54, 1.807) is 18.8 Å². The Labute approximate surface area is 161 Å². The van der Waals surface area contributed by atoms with Gasteiger partial charge in [-0.25, -0.2) is 4.98 Å². The summed E-state index contributed by atoms with van der Waals surface area (Å²) in [4.78, 5) is 32.9. The van der Waals surface area contributed by atoms with E-state index in [1.807, 2.05) is 48.5 Å². The molecule has 0 spiro atoms. The number of rotatable bonds is 7. The van der Waals surface area contributed by atoms with E-state index in [4.69, 9.17) is 0 Å². The summed E-state index contributed by atoms with van der Waals surface area (Å²) in [5, 5.41) is 0.874. The second-order valence-corrected chi connectivity index (χ2v) is 7.06. The van der Waals surface area contributed by atoms with E-state index in [2.05, 4.69) is 14.7 Å². The van der Waals surface area contributed by atoms with Gasteiger partial charge in [0.05, 0.1) is 24.6 Å². The third-order valence-electron chi connectivity index (χ3n) is 4.17. The van der Waals surface area contributed by atoms with Crippen LogP contribution in [-0.4, -0.2) is 47.4 Å². The van der Waals surface area contributed by atoms with E-state index >= 15 is 0 Å². The van der Waals surface area contributed by atoms with Crippen LogP contribution in [0.1, 0.15) is 22.3 Å². The van der Waals surface area contributed by atoms with E-state index in [0.717, 1.165) is 27.5 Å².